The summed E-state index contributed by atoms with van der Waals surface area (Å²) >= 11 is 0. The first kappa shape index (κ1) is 28.9. The fourth-order valence-corrected chi connectivity index (χ4v) is 7.52. The SMILES string of the molecule is Cc1[nH]c2c(c1C(=O)N1CCN(c3ccc4c(c3)C(=O)N(C3CCC(=O)NC3=O)C4=O)CC1)CCC2=C1C(=O)Nc2ccc(F)cc21. The molecule has 0 bridgehead atoms. The number of carbonyl (C=O) groups is 6. The maximum absolute atomic E-state index is 14.1. The second kappa shape index (κ2) is 10.5. The van der Waals surface area contributed by atoms with Crippen molar-refractivity contribution in [1.82, 2.24) is 20.1 Å². The van der Waals surface area contributed by atoms with Gasteiger partial charge < -0.3 is 20.1 Å². The Morgan fingerprint density at radius 2 is 1.62 bits per heavy atom. The van der Waals surface area contributed by atoms with Gasteiger partial charge in [-0.1, -0.05) is 0 Å². The summed E-state index contributed by atoms with van der Waals surface area (Å²) in [7, 11) is 0. The van der Waals surface area contributed by atoms with Gasteiger partial charge in [0.2, 0.25) is 11.8 Å². The lowest BCUT2D eigenvalue weighted by molar-refractivity contribution is -0.136. The lowest BCUT2D eigenvalue weighted by Crippen LogP contribution is -2.54. The Bertz CT molecular complexity index is 2020. The first-order valence-corrected chi connectivity index (χ1v) is 15.6. The predicted molar refractivity (Wildman–Crippen MR) is 167 cm³/mol. The zero-order chi connectivity index (χ0) is 32.7. The van der Waals surface area contributed by atoms with Gasteiger partial charge in [0, 0.05) is 60.9 Å². The fraction of sp³-hybridized carbons (Fsp3) is 0.294. The molecule has 12 nitrogen and oxygen atoms in total. The molecule has 8 rings (SSSR count). The first-order chi connectivity index (χ1) is 22.6. The smallest absolute Gasteiger partial charge is 0.262 e. The number of imide groups is 2. The molecule has 0 spiro atoms. The minimum absolute atomic E-state index is 0.0505. The van der Waals surface area contributed by atoms with E-state index in [1.807, 2.05) is 11.8 Å². The molecule has 13 heteroatoms. The molecule has 238 valence electrons. The van der Waals surface area contributed by atoms with Gasteiger partial charge in [0.1, 0.15) is 11.9 Å². The number of rotatable bonds is 3. The number of nitrogens with zero attached hydrogens (tertiary/aromatic N) is 3. The summed E-state index contributed by atoms with van der Waals surface area (Å²) in [6.07, 6.45) is 1.27. The molecular formula is C34H29FN6O6. The monoisotopic (exact) mass is 636 g/mol. The molecule has 2 aromatic carbocycles. The molecular weight excluding hydrogens is 607 g/mol. The number of carbonyl (C=O) groups excluding carboxylic acids is 6. The molecule has 3 aromatic rings. The average molecular weight is 637 g/mol. The van der Waals surface area contributed by atoms with Crippen molar-refractivity contribution in [3.8, 4) is 0 Å². The summed E-state index contributed by atoms with van der Waals surface area (Å²) in [5, 5.41) is 5.02. The van der Waals surface area contributed by atoms with Crippen molar-refractivity contribution in [3.63, 3.8) is 0 Å². The lowest BCUT2D eigenvalue weighted by Gasteiger charge is -2.36. The van der Waals surface area contributed by atoms with Crippen LogP contribution in [0.4, 0.5) is 15.8 Å². The summed E-state index contributed by atoms with van der Waals surface area (Å²) in [5.74, 6) is -3.03. The Kier molecular flexibility index (Phi) is 6.43. The molecule has 6 amide bonds. The topological polar surface area (TPSA) is 152 Å². The van der Waals surface area contributed by atoms with E-state index < -0.39 is 35.5 Å². The second-order valence-electron chi connectivity index (χ2n) is 12.4. The lowest BCUT2D eigenvalue weighted by atomic mass is 9.99. The standard InChI is InChI=1S/C34H29FN6O6/c1-16-27(20-5-6-21(29(20)36-16)28-23-14-17(35)2-7-24(23)37-31(28)44)34(47)40-12-10-39(11-13-40)18-3-4-19-22(15-18)33(46)41(32(19)45)25-8-9-26(42)38-30(25)43/h2-4,7,14-15,25,36H,5-6,8-13H2,1H3,(H,37,44)(H,38,42,43). The van der Waals surface area contributed by atoms with Gasteiger partial charge in [0.15, 0.2) is 0 Å². The molecule has 1 atom stereocenters. The van der Waals surface area contributed by atoms with Crippen LogP contribution in [0.2, 0.25) is 0 Å². The minimum atomic E-state index is -1.03. The van der Waals surface area contributed by atoms with Crippen molar-refractivity contribution in [2.24, 2.45) is 0 Å². The molecule has 0 radical (unpaired) electrons. The molecule has 5 heterocycles. The number of aromatic nitrogens is 1. The average Bonchev–Trinajstić information content (AvgIpc) is 3.76. The third kappa shape index (κ3) is 4.40. The van der Waals surface area contributed by atoms with E-state index in [1.165, 1.54) is 12.1 Å². The van der Waals surface area contributed by atoms with Crippen molar-refractivity contribution in [2.75, 3.05) is 36.4 Å². The molecule has 5 aliphatic rings. The number of hydrogen-bond donors (Lipinski definition) is 3. The van der Waals surface area contributed by atoms with Crippen LogP contribution in [0.1, 0.15) is 72.9 Å². The number of amides is 6. The Morgan fingerprint density at radius 3 is 2.38 bits per heavy atom. The number of aryl methyl sites for hydroxylation is 1. The van der Waals surface area contributed by atoms with Crippen LogP contribution >= 0.6 is 0 Å². The Labute approximate surface area is 267 Å². The van der Waals surface area contributed by atoms with E-state index in [1.54, 1.807) is 29.2 Å². The van der Waals surface area contributed by atoms with Crippen molar-refractivity contribution in [3.05, 3.63) is 81.4 Å². The minimum Gasteiger partial charge on any atom is -0.368 e. The van der Waals surface area contributed by atoms with Gasteiger partial charge in [-0.2, -0.15) is 0 Å². The van der Waals surface area contributed by atoms with E-state index in [0.717, 1.165) is 27.4 Å². The van der Waals surface area contributed by atoms with Crippen LogP contribution < -0.4 is 15.5 Å². The molecule has 1 aromatic heterocycles. The number of hydrogen-bond acceptors (Lipinski definition) is 7. The van der Waals surface area contributed by atoms with Crippen LogP contribution in [0.5, 0.6) is 0 Å². The molecule has 3 N–H and O–H groups in total. The highest BCUT2D eigenvalue weighted by atomic mass is 19.1. The maximum Gasteiger partial charge on any atom is 0.262 e. The third-order valence-electron chi connectivity index (χ3n) is 9.82. The van der Waals surface area contributed by atoms with E-state index in [-0.39, 0.29) is 35.8 Å². The van der Waals surface area contributed by atoms with Crippen LogP contribution in [0.25, 0.3) is 11.1 Å². The van der Waals surface area contributed by atoms with Crippen LogP contribution in [0.3, 0.4) is 0 Å². The number of nitrogens with one attached hydrogen (secondary N) is 3. The zero-order valence-electron chi connectivity index (χ0n) is 25.4. The quantitative estimate of drug-likeness (QED) is 0.295. The van der Waals surface area contributed by atoms with Crippen molar-refractivity contribution >= 4 is 58.0 Å². The van der Waals surface area contributed by atoms with Gasteiger partial charge in [-0.3, -0.25) is 39.0 Å². The number of anilines is 2. The number of fused-ring (bicyclic) bond motifs is 3. The van der Waals surface area contributed by atoms with E-state index in [0.29, 0.717) is 67.1 Å². The largest absolute Gasteiger partial charge is 0.368 e. The van der Waals surface area contributed by atoms with Crippen LogP contribution in [-0.2, 0) is 20.8 Å². The number of halogens is 1. The number of benzene rings is 2. The number of aromatic amines is 1. The van der Waals surface area contributed by atoms with Crippen molar-refractivity contribution < 1.29 is 33.2 Å². The number of H-pyrrole nitrogens is 1. The highest BCUT2D eigenvalue weighted by Gasteiger charge is 2.45. The number of allylic oxidation sites excluding steroid dienone is 1. The van der Waals surface area contributed by atoms with Crippen molar-refractivity contribution in [1.29, 1.82) is 0 Å². The molecule has 47 heavy (non-hydrogen) atoms. The molecule has 2 fully saturated rings. The Morgan fingerprint density at radius 1 is 0.851 bits per heavy atom. The van der Waals surface area contributed by atoms with Gasteiger partial charge in [0.25, 0.3) is 23.6 Å². The van der Waals surface area contributed by atoms with Gasteiger partial charge in [-0.05, 0) is 73.7 Å². The third-order valence-corrected chi connectivity index (χ3v) is 9.82. The summed E-state index contributed by atoms with van der Waals surface area (Å²) < 4.78 is 14.1. The van der Waals surface area contributed by atoms with Crippen LogP contribution in [0, 0.1) is 12.7 Å². The van der Waals surface area contributed by atoms with E-state index in [4.69, 9.17) is 0 Å². The zero-order valence-corrected chi connectivity index (χ0v) is 25.4. The fourth-order valence-electron chi connectivity index (χ4n) is 7.52. The van der Waals surface area contributed by atoms with E-state index in [9.17, 15) is 33.2 Å². The normalized spacial score (nSPS) is 22.0. The van der Waals surface area contributed by atoms with Gasteiger partial charge in [-0.25, -0.2) is 4.39 Å². The molecule has 4 aliphatic heterocycles. The second-order valence-corrected chi connectivity index (χ2v) is 12.4. The van der Waals surface area contributed by atoms with E-state index in [2.05, 4.69) is 15.6 Å². The highest BCUT2D eigenvalue weighted by Crippen LogP contribution is 2.44. The van der Waals surface area contributed by atoms with Crippen LogP contribution in [-0.4, -0.2) is 82.4 Å². The summed E-state index contributed by atoms with van der Waals surface area (Å²) in [4.78, 5) is 85.3. The predicted octanol–water partition coefficient (Wildman–Crippen LogP) is 2.63. The molecule has 2 saturated heterocycles. The Hall–Kier alpha value is -5.59. The number of piperazine rings is 1. The Balaban J connectivity index is 0.989. The molecule has 1 aliphatic carbocycles. The first-order valence-electron chi connectivity index (χ1n) is 15.6. The maximum atomic E-state index is 14.1. The summed E-state index contributed by atoms with van der Waals surface area (Å²) in [6, 6.07) is 8.19. The van der Waals surface area contributed by atoms with Crippen LogP contribution in [0.15, 0.2) is 36.4 Å². The summed E-state index contributed by atoms with van der Waals surface area (Å²) in [5.41, 5.74) is 6.35. The number of piperidine rings is 1. The molecule has 1 unspecified atom stereocenters. The highest BCUT2D eigenvalue weighted by molar-refractivity contribution is 6.37. The van der Waals surface area contributed by atoms with Gasteiger partial charge in [0.05, 0.1) is 22.3 Å². The van der Waals surface area contributed by atoms with Gasteiger partial charge in [-0.15, -0.1) is 0 Å². The molecule has 0 saturated carbocycles. The van der Waals surface area contributed by atoms with Crippen molar-refractivity contribution in [2.45, 2.75) is 38.6 Å². The summed E-state index contributed by atoms with van der Waals surface area (Å²) in [6.45, 7) is 3.68. The van der Waals surface area contributed by atoms with E-state index >= 15 is 0 Å². The van der Waals surface area contributed by atoms with Gasteiger partial charge >= 0.3 is 0 Å².